The molecule has 3 rings (SSSR count). The molecule has 96 valence electrons. The van der Waals surface area contributed by atoms with E-state index in [1.54, 1.807) is 5.57 Å². The molecule has 1 nitrogen and oxygen atoms in total. The second-order valence-electron chi connectivity index (χ2n) is 6.81. The highest BCUT2D eigenvalue weighted by Gasteiger charge is 2.43. The van der Waals surface area contributed by atoms with Crippen LogP contribution >= 0.6 is 0 Å². The second-order valence-corrected chi connectivity index (χ2v) is 6.81. The molecule has 3 unspecified atom stereocenters. The maximum atomic E-state index is 6.17. The summed E-state index contributed by atoms with van der Waals surface area (Å²) in [6.45, 7) is 4.69. The molecular weight excluding hydrogens is 218 g/mol. The van der Waals surface area contributed by atoms with Gasteiger partial charge in [-0.1, -0.05) is 55.8 Å². The minimum atomic E-state index is 0.265. The molecule has 2 N–H and O–H groups in total. The van der Waals surface area contributed by atoms with Crippen LogP contribution in [-0.2, 0) is 0 Å². The fourth-order valence-electron chi connectivity index (χ4n) is 3.58. The van der Waals surface area contributed by atoms with E-state index in [0.717, 1.165) is 18.3 Å². The molecule has 0 heterocycles. The van der Waals surface area contributed by atoms with Crippen LogP contribution in [0.1, 0.15) is 44.6 Å². The third kappa shape index (κ3) is 2.37. The quantitative estimate of drug-likeness (QED) is 0.782. The first-order chi connectivity index (χ1) is 8.55. The summed E-state index contributed by atoms with van der Waals surface area (Å²) in [5, 5.41) is 0. The third-order valence-corrected chi connectivity index (χ3v) is 4.39. The summed E-state index contributed by atoms with van der Waals surface area (Å²) in [7, 11) is 0. The van der Waals surface area contributed by atoms with Crippen LogP contribution in [0.5, 0.6) is 0 Å². The maximum absolute atomic E-state index is 6.17. The minimum Gasteiger partial charge on any atom is -0.324 e. The van der Waals surface area contributed by atoms with Gasteiger partial charge in [-0.3, -0.25) is 0 Å². The Hall–Kier alpha value is -1.08. The SMILES string of the molecule is CC1(C)CC(C2CC2c2ccccc2)=CC(N)C1. The van der Waals surface area contributed by atoms with Crippen LogP contribution in [0.3, 0.4) is 0 Å². The van der Waals surface area contributed by atoms with E-state index in [-0.39, 0.29) is 6.04 Å². The van der Waals surface area contributed by atoms with Gasteiger partial charge < -0.3 is 5.73 Å². The van der Waals surface area contributed by atoms with Crippen molar-refractivity contribution in [3.05, 3.63) is 47.5 Å². The van der Waals surface area contributed by atoms with E-state index in [9.17, 15) is 0 Å². The molecule has 1 fully saturated rings. The van der Waals surface area contributed by atoms with E-state index in [4.69, 9.17) is 5.73 Å². The van der Waals surface area contributed by atoms with Gasteiger partial charge in [-0.15, -0.1) is 0 Å². The molecule has 18 heavy (non-hydrogen) atoms. The van der Waals surface area contributed by atoms with E-state index in [1.807, 2.05) is 0 Å². The zero-order chi connectivity index (χ0) is 12.8. The van der Waals surface area contributed by atoms with Crippen LogP contribution in [0.25, 0.3) is 0 Å². The standard InChI is InChI=1S/C17H23N/c1-17(2)10-13(8-14(18)11-17)16-9-15(16)12-6-4-3-5-7-12/h3-8,14-16H,9-11,18H2,1-2H3. The van der Waals surface area contributed by atoms with Crippen molar-refractivity contribution in [3.63, 3.8) is 0 Å². The molecule has 0 radical (unpaired) electrons. The lowest BCUT2D eigenvalue weighted by molar-refractivity contribution is 0.295. The number of rotatable bonds is 2. The Morgan fingerprint density at radius 2 is 1.83 bits per heavy atom. The van der Waals surface area contributed by atoms with E-state index >= 15 is 0 Å². The number of nitrogens with two attached hydrogens (primary N) is 1. The smallest absolute Gasteiger partial charge is 0.0231 e. The van der Waals surface area contributed by atoms with Crippen LogP contribution in [-0.4, -0.2) is 6.04 Å². The molecule has 1 aromatic rings. The number of hydrogen-bond acceptors (Lipinski definition) is 1. The summed E-state index contributed by atoms with van der Waals surface area (Å²) in [5.41, 5.74) is 9.67. The van der Waals surface area contributed by atoms with Gasteiger partial charge in [-0.05, 0) is 42.1 Å². The summed E-state index contributed by atoms with van der Waals surface area (Å²) in [4.78, 5) is 0. The zero-order valence-electron chi connectivity index (χ0n) is 11.4. The van der Waals surface area contributed by atoms with Crippen LogP contribution in [0.4, 0.5) is 0 Å². The maximum Gasteiger partial charge on any atom is 0.0231 e. The Balaban J connectivity index is 1.75. The Morgan fingerprint density at radius 3 is 2.50 bits per heavy atom. The highest BCUT2D eigenvalue weighted by Crippen LogP contribution is 2.55. The summed E-state index contributed by atoms with van der Waals surface area (Å²) in [5.74, 6) is 1.51. The summed E-state index contributed by atoms with van der Waals surface area (Å²) < 4.78 is 0. The van der Waals surface area contributed by atoms with Gasteiger partial charge >= 0.3 is 0 Å². The van der Waals surface area contributed by atoms with Gasteiger partial charge in [0.1, 0.15) is 0 Å². The van der Waals surface area contributed by atoms with Gasteiger partial charge in [0.2, 0.25) is 0 Å². The van der Waals surface area contributed by atoms with Crippen molar-refractivity contribution < 1.29 is 0 Å². The average molecular weight is 241 g/mol. The first-order valence-electron chi connectivity index (χ1n) is 7.06. The topological polar surface area (TPSA) is 26.0 Å². The molecule has 0 spiro atoms. The Labute approximate surface area is 110 Å². The molecule has 1 heteroatoms. The zero-order valence-corrected chi connectivity index (χ0v) is 11.4. The van der Waals surface area contributed by atoms with Gasteiger partial charge in [-0.25, -0.2) is 0 Å². The van der Waals surface area contributed by atoms with Crippen molar-refractivity contribution in [2.24, 2.45) is 17.1 Å². The van der Waals surface area contributed by atoms with Crippen LogP contribution in [0, 0.1) is 11.3 Å². The van der Waals surface area contributed by atoms with E-state index in [1.165, 1.54) is 18.4 Å². The molecule has 1 saturated carbocycles. The Morgan fingerprint density at radius 1 is 1.11 bits per heavy atom. The molecular formula is C17H23N. The summed E-state index contributed by atoms with van der Waals surface area (Å²) in [6, 6.07) is 11.2. The van der Waals surface area contributed by atoms with Crippen molar-refractivity contribution in [2.45, 2.75) is 45.1 Å². The number of hydrogen-bond donors (Lipinski definition) is 1. The van der Waals surface area contributed by atoms with Gasteiger partial charge in [0.15, 0.2) is 0 Å². The summed E-state index contributed by atoms with van der Waals surface area (Å²) in [6.07, 6.45) is 6.02. The Bertz CT molecular complexity index is 458. The van der Waals surface area contributed by atoms with Crippen LogP contribution in [0.2, 0.25) is 0 Å². The van der Waals surface area contributed by atoms with E-state index in [2.05, 4.69) is 50.3 Å². The number of allylic oxidation sites excluding steroid dienone is 1. The van der Waals surface area contributed by atoms with E-state index in [0.29, 0.717) is 5.41 Å². The van der Waals surface area contributed by atoms with Crippen molar-refractivity contribution in [1.82, 2.24) is 0 Å². The highest BCUT2D eigenvalue weighted by molar-refractivity contribution is 5.33. The lowest BCUT2D eigenvalue weighted by Crippen LogP contribution is -2.31. The van der Waals surface area contributed by atoms with Crippen molar-refractivity contribution in [3.8, 4) is 0 Å². The fraction of sp³-hybridized carbons (Fsp3) is 0.529. The minimum absolute atomic E-state index is 0.265. The first kappa shape index (κ1) is 12.0. The number of benzene rings is 1. The molecule has 0 bridgehead atoms. The molecule has 0 amide bonds. The highest BCUT2D eigenvalue weighted by atomic mass is 14.6. The van der Waals surface area contributed by atoms with Crippen LogP contribution < -0.4 is 5.73 Å². The van der Waals surface area contributed by atoms with Crippen molar-refractivity contribution >= 4 is 0 Å². The first-order valence-corrected chi connectivity index (χ1v) is 7.06. The second kappa shape index (κ2) is 4.24. The lowest BCUT2D eigenvalue weighted by Gasteiger charge is -2.33. The molecule has 2 aliphatic carbocycles. The van der Waals surface area contributed by atoms with Gasteiger partial charge in [0.05, 0.1) is 0 Å². The van der Waals surface area contributed by atoms with Gasteiger partial charge in [0, 0.05) is 6.04 Å². The van der Waals surface area contributed by atoms with E-state index < -0.39 is 0 Å². The molecule has 2 aliphatic rings. The third-order valence-electron chi connectivity index (χ3n) is 4.39. The molecule has 0 aliphatic heterocycles. The van der Waals surface area contributed by atoms with Crippen molar-refractivity contribution in [1.29, 1.82) is 0 Å². The predicted octanol–water partition coefficient (Wildman–Crippen LogP) is 3.86. The lowest BCUT2D eigenvalue weighted by atomic mass is 9.74. The van der Waals surface area contributed by atoms with Gasteiger partial charge in [-0.2, -0.15) is 0 Å². The fourth-order valence-corrected chi connectivity index (χ4v) is 3.58. The molecule has 0 aromatic heterocycles. The Kier molecular flexibility index (Phi) is 2.82. The predicted molar refractivity (Wildman–Crippen MR) is 76.4 cm³/mol. The largest absolute Gasteiger partial charge is 0.324 e. The molecule has 3 atom stereocenters. The summed E-state index contributed by atoms with van der Waals surface area (Å²) >= 11 is 0. The van der Waals surface area contributed by atoms with Crippen molar-refractivity contribution in [2.75, 3.05) is 0 Å². The monoisotopic (exact) mass is 241 g/mol. The van der Waals surface area contributed by atoms with Gasteiger partial charge in [0.25, 0.3) is 0 Å². The molecule has 0 saturated heterocycles. The normalized spacial score (nSPS) is 33.9. The average Bonchev–Trinajstić information content (AvgIpc) is 3.07. The van der Waals surface area contributed by atoms with Crippen LogP contribution in [0.15, 0.2) is 42.0 Å². The molecule has 1 aromatic carbocycles.